The fourth-order valence-corrected chi connectivity index (χ4v) is 4.51. The zero-order valence-corrected chi connectivity index (χ0v) is 19.8. The maximum atomic E-state index is 12.9. The molecule has 1 saturated heterocycles. The van der Waals surface area contributed by atoms with Crippen molar-refractivity contribution in [3.05, 3.63) is 108 Å². The Kier molecular flexibility index (Phi) is 6.46. The van der Waals surface area contributed by atoms with Crippen LogP contribution in [0, 0.1) is 0 Å². The molecule has 0 spiro atoms. The molecule has 2 unspecified atom stereocenters. The number of aromatic carboxylic acids is 1. The van der Waals surface area contributed by atoms with E-state index in [0.29, 0.717) is 22.3 Å². The average molecular weight is 499 g/mol. The lowest BCUT2D eigenvalue weighted by Gasteiger charge is -2.25. The lowest BCUT2D eigenvalue weighted by atomic mass is 10.0. The molecule has 0 saturated carbocycles. The van der Waals surface area contributed by atoms with E-state index >= 15 is 0 Å². The first-order valence-electron chi connectivity index (χ1n) is 11.3. The van der Waals surface area contributed by atoms with E-state index in [1.54, 1.807) is 23.2 Å². The summed E-state index contributed by atoms with van der Waals surface area (Å²) < 4.78 is 6.24. The van der Waals surface area contributed by atoms with E-state index in [4.69, 9.17) is 21.7 Å². The third kappa shape index (κ3) is 4.82. The smallest absolute Gasteiger partial charge is 0.335 e. The number of carboxylic acids is 1. The summed E-state index contributed by atoms with van der Waals surface area (Å²) in [6.07, 6.45) is 1.71. The van der Waals surface area contributed by atoms with Gasteiger partial charge in [0.05, 0.1) is 17.3 Å². The van der Waals surface area contributed by atoms with Crippen LogP contribution in [0.25, 0.3) is 11.3 Å². The van der Waals surface area contributed by atoms with Gasteiger partial charge in [-0.3, -0.25) is 9.78 Å². The molecule has 3 heterocycles. The summed E-state index contributed by atoms with van der Waals surface area (Å²) >= 11 is 5.63. The number of carbonyl (C=O) groups excluding carboxylic acids is 1. The first-order chi connectivity index (χ1) is 17.5. The fourth-order valence-electron chi connectivity index (χ4n) is 4.21. The highest BCUT2D eigenvalue weighted by atomic mass is 32.1. The van der Waals surface area contributed by atoms with Gasteiger partial charge in [0.2, 0.25) is 5.91 Å². The molecule has 8 nitrogen and oxygen atoms in total. The van der Waals surface area contributed by atoms with Crippen LogP contribution < -0.4 is 10.6 Å². The van der Waals surface area contributed by atoms with E-state index in [1.807, 2.05) is 60.7 Å². The maximum Gasteiger partial charge on any atom is 0.335 e. The fraction of sp³-hybridized carbons (Fsp3) is 0.111. The van der Waals surface area contributed by atoms with Crippen LogP contribution >= 0.6 is 12.2 Å². The van der Waals surface area contributed by atoms with Crippen LogP contribution in [0.1, 0.15) is 33.9 Å². The molecule has 2 aromatic heterocycles. The monoisotopic (exact) mass is 498 g/mol. The Bertz CT molecular complexity index is 1390. The van der Waals surface area contributed by atoms with Gasteiger partial charge in [-0.1, -0.05) is 36.4 Å². The lowest BCUT2D eigenvalue weighted by Crippen LogP contribution is -2.36. The Labute approximate surface area is 212 Å². The molecular weight excluding hydrogens is 476 g/mol. The predicted octanol–water partition coefficient (Wildman–Crippen LogP) is 4.65. The standard InChI is InChI=1S/C27H22N4O4S/c32-23(29-19-6-2-1-3-7-19)16-31-25(24(30-27(31)36)20-8-4-5-15-28-20)22-14-13-21(35-22)17-9-11-18(12-10-17)26(33)34/h1-15,24-25H,16H2,(H,29,32)(H,30,36)(H,33,34). The molecule has 4 aromatic rings. The van der Waals surface area contributed by atoms with Crippen LogP contribution in [-0.4, -0.2) is 38.5 Å². The molecule has 1 aliphatic rings. The Morgan fingerprint density at radius 3 is 2.44 bits per heavy atom. The number of para-hydroxylation sites is 1. The highest BCUT2D eigenvalue weighted by Crippen LogP contribution is 2.40. The van der Waals surface area contributed by atoms with Crippen molar-refractivity contribution < 1.29 is 19.1 Å². The number of amides is 1. The van der Waals surface area contributed by atoms with Crippen LogP contribution in [0.15, 0.2) is 95.5 Å². The zero-order valence-electron chi connectivity index (χ0n) is 19.0. The van der Waals surface area contributed by atoms with Crippen LogP contribution in [0.2, 0.25) is 0 Å². The molecule has 2 aromatic carbocycles. The summed E-state index contributed by atoms with van der Waals surface area (Å²) in [5.74, 6) is -0.0287. The van der Waals surface area contributed by atoms with Gasteiger partial charge in [-0.05, 0) is 60.7 Å². The third-order valence-electron chi connectivity index (χ3n) is 5.90. The van der Waals surface area contributed by atoms with Gasteiger partial charge in [0.25, 0.3) is 0 Å². The van der Waals surface area contributed by atoms with Gasteiger partial charge in [0, 0.05) is 17.4 Å². The number of aromatic nitrogens is 1. The van der Waals surface area contributed by atoms with Gasteiger partial charge in [0.1, 0.15) is 24.1 Å². The number of benzene rings is 2. The molecule has 1 amide bonds. The van der Waals surface area contributed by atoms with E-state index in [0.717, 1.165) is 11.3 Å². The third-order valence-corrected chi connectivity index (χ3v) is 6.26. The molecule has 180 valence electrons. The molecule has 1 aliphatic heterocycles. The first kappa shape index (κ1) is 23.3. The summed E-state index contributed by atoms with van der Waals surface area (Å²) in [7, 11) is 0. The van der Waals surface area contributed by atoms with Gasteiger partial charge in [-0.25, -0.2) is 4.79 Å². The quantitative estimate of drug-likeness (QED) is 0.316. The van der Waals surface area contributed by atoms with E-state index in [9.17, 15) is 9.59 Å². The molecule has 1 fully saturated rings. The normalized spacial score (nSPS) is 17.0. The highest BCUT2D eigenvalue weighted by Gasteiger charge is 2.42. The first-order valence-corrected chi connectivity index (χ1v) is 11.7. The number of carboxylic acid groups (broad SMARTS) is 1. The number of thiocarbonyl (C=S) groups is 1. The molecule has 5 rings (SSSR count). The Hall–Kier alpha value is -4.50. The molecule has 36 heavy (non-hydrogen) atoms. The Balaban J connectivity index is 1.45. The summed E-state index contributed by atoms with van der Waals surface area (Å²) in [5, 5.41) is 15.8. The molecule has 2 atom stereocenters. The van der Waals surface area contributed by atoms with Crippen molar-refractivity contribution in [2.75, 3.05) is 11.9 Å². The lowest BCUT2D eigenvalue weighted by molar-refractivity contribution is -0.116. The largest absolute Gasteiger partial charge is 0.478 e. The van der Waals surface area contributed by atoms with Crippen LogP contribution in [0.3, 0.4) is 0 Å². The molecule has 0 aliphatic carbocycles. The van der Waals surface area contributed by atoms with Gasteiger partial charge >= 0.3 is 5.97 Å². The number of rotatable bonds is 7. The minimum absolute atomic E-state index is 0.0120. The van der Waals surface area contributed by atoms with Crippen LogP contribution in [0.4, 0.5) is 5.69 Å². The van der Waals surface area contributed by atoms with Crippen LogP contribution in [0.5, 0.6) is 0 Å². The Morgan fingerprint density at radius 1 is 1.00 bits per heavy atom. The van der Waals surface area contributed by atoms with Crippen LogP contribution in [-0.2, 0) is 4.79 Å². The van der Waals surface area contributed by atoms with Crippen molar-refractivity contribution >= 4 is 34.9 Å². The number of furan rings is 1. The number of pyridine rings is 1. The summed E-state index contributed by atoms with van der Waals surface area (Å²) in [6.45, 7) is 0.0120. The topological polar surface area (TPSA) is 108 Å². The van der Waals surface area contributed by atoms with Gasteiger partial charge < -0.3 is 25.1 Å². The molecule has 9 heteroatoms. The van der Waals surface area contributed by atoms with Crippen molar-refractivity contribution in [2.45, 2.75) is 12.1 Å². The van der Waals surface area contributed by atoms with Crippen molar-refractivity contribution in [1.82, 2.24) is 15.2 Å². The molecule has 0 radical (unpaired) electrons. The predicted molar refractivity (Wildman–Crippen MR) is 138 cm³/mol. The minimum atomic E-state index is -0.991. The number of anilines is 1. The van der Waals surface area contributed by atoms with Gasteiger partial charge in [-0.15, -0.1) is 0 Å². The second-order valence-corrected chi connectivity index (χ2v) is 8.64. The summed E-state index contributed by atoms with van der Waals surface area (Å²) in [5.41, 5.74) is 2.40. The maximum absolute atomic E-state index is 12.9. The summed E-state index contributed by atoms with van der Waals surface area (Å²) in [4.78, 5) is 30.4. The minimum Gasteiger partial charge on any atom is -0.478 e. The second kappa shape index (κ2) is 10.0. The van der Waals surface area contributed by atoms with Crippen molar-refractivity contribution in [3.63, 3.8) is 0 Å². The van der Waals surface area contributed by atoms with Gasteiger partial charge in [-0.2, -0.15) is 0 Å². The van der Waals surface area contributed by atoms with Crippen molar-refractivity contribution in [3.8, 4) is 11.3 Å². The van der Waals surface area contributed by atoms with Gasteiger partial charge in [0.15, 0.2) is 5.11 Å². The van der Waals surface area contributed by atoms with E-state index in [-0.39, 0.29) is 24.1 Å². The average Bonchev–Trinajstić information content (AvgIpc) is 3.50. The SMILES string of the molecule is O=C(CN1C(=S)NC(c2ccccn2)C1c1ccc(-c2ccc(C(=O)O)cc2)o1)Nc1ccccc1. The van der Waals surface area contributed by atoms with Crippen molar-refractivity contribution in [1.29, 1.82) is 0 Å². The zero-order chi connectivity index (χ0) is 25.1. The van der Waals surface area contributed by atoms with E-state index < -0.39 is 12.0 Å². The number of nitrogens with zero attached hydrogens (tertiary/aromatic N) is 2. The van der Waals surface area contributed by atoms with Crippen molar-refractivity contribution in [2.24, 2.45) is 0 Å². The Morgan fingerprint density at radius 2 is 1.75 bits per heavy atom. The molecular formula is C27H22N4O4S. The number of hydrogen-bond acceptors (Lipinski definition) is 5. The second-order valence-electron chi connectivity index (χ2n) is 8.25. The summed E-state index contributed by atoms with van der Waals surface area (Å²) in [6, 6.07) is 24.2. The number of nitrogens with one attached hydrogen (secondary N) is 2. The van der Waals surface area contributed by atoms with E-state index in [2.05, 4.69) is 15.6 Å². The molecule has 3 N–H and O–H groups in total. The number of carbonyl (C=O) groups is 2. The molecule has 0 bridgehead atoms. The van der Waals surface area contributed by atoms with E-state index in [1.165, 1.54) is 12.1 Å². The highest BCUT2D eigenvalue weighted by molar-refractivity contribution is 7.80. The number of hydrogen-bond donors (Lipinski definition) is 3.